The summed E-state index contributed by atoms with van der Waals surface area (Å²) < 4.78 is 25.5. The summed E-state index contributed by atoms with van der Waals surface area (Å²) in [7, 11) is 0. The molecule has 0 saturated carbocycles. The van der Waals surface area contributed by atoms with Crippen LogP contribution in [0, 0.1) is 5.82 Å². The van der Waals surface area contributed by atoms with E-state index < -0.39 is 11.7 Å². The maximum Gasteiger partial charge on any atom is 0.255 e. The van der Waals surface area contributed by atoms with Crippen LogP contribution < -0.4 is 14.8 Å². The van der Waals surface area contributed by atoms with Crippen molar-refractivity contribution in [3.63, 3.8) is 0 Å². The van der Waals surface area contributed by atoms with Crippen LogP contribution in [0.2, 0.25) is 0 Å². The number of hydrogen-bond donors (Lipinski definition) is 1. The van der Waals surface area contributed by atoms with Gasteiger partial charge >= 0.3 is 0 Å². The minimum absolute atomic E-state index is 0.216. The van der Waals surface area contributed by atoms with Crippen molar-refractivity contribution in [3.8, 4) is 11.5 Å². The van der Waals surface area contributed by atoms with Crippen molar-refractivity contribution in [2.24, 2.45) is 0 Å². The minimum Gasteiger partial charge on any atom is -0.486 e. The van der Waals surface area contributed by atoms with Crippen LogP contribution in [0.5, 0.6) is 11.5 Å². The highest BCUT2D eigenvalue weighted by Crippen LogP contribution is 2.38. The summed E-state index contributed by atoms with van der Waals surface area (Å²) in [5, 5.41) is 2.72. The zero-order valence-corrected chi connectivity index (χ0v) is 14.3. The average molecular weight is 431 g/mol. The number of ether oxygens (including phenoxy) is 2. The van der Waals surface area contributed by atoms with Gasteiger partial charge in [0, 0.05) is 26.6 Å². The second-order valence-corrected chi connectivity index (χ2v) is 6.36. The predicted molar refractivity (Wildman–Crippen MR) is 87.2 cm³/mol. The van der Waals surface area contributed by atoms with Gasteiger partial charge < -0.3 is 14.8 Å². The molecular weight excluding hydrogens is 421 g/mol. The maximum atomic E-state index is 13.4. The first-order valence-electron chi connectivity index (χ1n) is 6.39. The molecule has 22 heavy (non-hydrogen) atoms. The number of fused-ring (bicyclic) bond motifs is 1. The quantitative estimate of drug-likeness (QED) is 0.769. The number of anilines is 1. The highest BCUT2D eigenvalue weighted by molar-refractivity contribution is 9.10. The molecule has 0 aromatic heterocycles. The van der Waals surface area contributed by atoms with Gasteiger partial charge in [0.25, 0.3) is 5.91 Å². The van der Waals surface area contributed by atoms with E-state index in [0.717, 1.165) is 0 Å². The molecule has 4 nitrogen and oxygen atoms in total. The van der Waals surface area contributed by atoms with Crippen molar-refractivity contribution in [3.05, 3.63) is 50.7 Å². The third kappa shape index (κ3) is 3.25. The Bertz CT molecular complexity index is 732. The van der Waals surface area contributed by atoms with Gasteiger partial charge in [0.15, 0.2) is 11.5 Å². The first-order valence-corrected chi connectivity index (χ1v) is 7.98. The minimum atomic E-state index is -0.485. The fourth-order valence-electron chi connectivity index (χ4n) is 2.04. The lowest BCUT2D eigenvalue weighted by Crippen LogP contribution is -2.17. The Morgan fingerprint density at radius 2 is 1.73 bits per heavy atom. The molecule has 3 rings (SSSR count). The summed E-state index contributed by atoms with van der Waals surface area (Å²) in [6, 6.07) is 7.41. The monoisotopic (exact) mass is 429 g/mol. The van der Waals surface area contributed by atoms with E-state index in [1.807, 2.05) is 0 Å². The summed E-state index contributed by atoms with van der Waals surface area (Å²) >= 11 is 6.54. The number of carbonyl (C=O) groups excluding carboxylic acids is 1. The molecule has 0 spiro atoms. The number of rotatable bonds is 2. The molecule has 2 aromatic carbocycles. The molecule has 114 valence electrons. The predicted octanol–water partition coefficient (Wildman–Crippen LogP) is 4.37. The van der Waals surface area contributed by atoms with Gasteiger partial charge in [0.1, 0.15) is 19.0 Å². The number of amides is 1. The Labute approximate surface area is 142 Å². The van der Waals surface area contributed by atoms with Crippen LogP contribution in [0.25, 0.3) is 0 Å². The van der Waals surface area contributed by atoms with Crippen molar-refractivity contribution in [1.29, 1.82) is 0 Å². The summed E-state index contributed by atoms with van der Waals surface area (Å²) in [5.74, 6) is 0.271. The van der Waals surface area contributed by atoms with Crippen LogP contribution in [0.4, 0.5) is 10.1 Å². The van der Waals surface area contributed by atoms with Crippen LogP contribution in [-0.2, 0) is 0 Å². The zero-order valence-electron chi connectivity index (χ0n) is 11.2. The fourth-order valence-corrected chi connectivity index (χ4v) is 2.93. The molecule has 1 aliphatic heterocycles. The molecule has 0 fully saturated rings. The standard InChI is InChI=1S/C15H10Br2FNO3/c16-9-3-8(4-10(18)5-9)15(20)19-12-7-14-13(6-11(12)17)21-1-2-22-14/h3-7H,1-2H2,(H,19,20). The van der Waals surface area contributed by atoms with Crippen molar-refractivity contribution >= 4 is 43.5 Å². The van der Waals surface area contributed by atoms with Gasteiger partial charge in [-0.3, -0.25) is 4.79 Å². The highest BCUT2D eigenvalue weighted by Gasteiger charge is 2.17. The largest absolute Gasteiger partial charge is 0.486 e. The molecule has 2 aromatic rings. The Morgan fingerprint density at radius 3 is 2.41 bits per heavy atom. The lowest BCUT2D eigenvalue weighted by atomic mass is 10.2. The third-order valence-corrected chi connectivity index (χ3v) is 4.12. The molecule has 7 heteroatoms. The fraction of sp³-hybridized carbons (Fsp3) is 0.133. The van der Waals surface area contributed by atoms with Gasteiger partial charge in [-0.2, -0.15) is 0 Å². The highest BCUT2D eigenvalue weighted by atomic mass is 79.9. The van der Waals surface area contributed by atoms with Crippen LogP contribution in [0.1, 0.15) is 10.4 Å². The van der Waals surface area contributed by atoms with Crippen molar-refractivity contribution in [2.45, 2.75) is 0 Å². The first kappa shape index (κ1) is 15.3. The maximum absolute atomic E-state index is 13.4. The number of halogens is 3. The van der Waals surface area contributed by atoms with E-state index in [4.69, 9.17) is 9.47 Å². The van der Waals surface area contributed by atoms with E-state index >= 15 is 0 Å². The zero-order chi connectivity index (χ0) is 15.7. The first-order chi connectivity index (χ1) is 10.5. The van der Waals surface area contributed by atoms with E-state index in [-0.39, 0.29) is 5.56 Å². The van der Waals surface area contributed by atoms with Gasteiger partial charge in [-0.05, 0) is 34.1 Å². The van der Waals surface area contributed by atoms with Gasteiger partial charge in [0.05, 0.1) is 5.69 Å². The molecule has 1 aliphatic rings. The average Bonchev–Trinajstić information content (AvgIpc) is 2.47. The van der Waals surface area contributed by atoms with Crippen LogP contribution in [0.3, 0.4) is 0 Å². The molecule has 0 aliphatic carbocycles. The molecule has 1 amide bonds. The number of benzene rings is 2. The third-order valence-electron chi connectivity index (χ3n) is 3.00. The lowest BCUT2D eigenvalue weighted by molar-refractivity contribution is 0.102. The van der Waals surface area contributed by atoms with E-state index in [2.05, 4.69) is 37.2 Å². The molecule has 1 N–H and O–H groups in total. The van der Waals surface area contributed by atoms with E-state index in [1.54, 1.807) is 18.2 Å². The second kappa shape index (κ2) is 6.26. The number of nitrogens with one attached hydrogen (secondary N) is 1. The van der Waals surface area contributed by atoms with Gasteiger partial charge in [-0.25, -0.2) is 4.39 Å². The Morgan fingerprint density at radius 1 is 1.05 bits per heavy atom. The smallest absolute Gasteiger partial charge is 0.255 e. The van der Waals surface area contributed by atoms with Gasteiger partial charge in [-0.15, -0.1) is 0 Å². The summed E-state index contributed by atoms with van der Waals surface area (Å²) in [5.41, 5.74) is 0.739. The Kier molecular flexibility index (Phi) is 4.35. The van der Waals surface area contributed by atoms with E-state index in [0.29, 0.717) is 39.3 Å². The van der Waals surface area contributed by atoms with E-state index in [9.17, 15) is 9.18 Å². The number of hydrogen-bond acceptors (Lipinski definition) is 3. The summed E-state index contributed by atoms with van der Waals surface area (Å²) in [6.45, 7) is 0.946. The Balaban J connectivity index is 1.87. The molecule has 0 atom stereocenters. The molecule has 0 saturated heterocycles. The van der Waals surface area contributed by atoms with Gasteiger partial charge in [-0.1, -0.05) is 15.9 Å². The van der Waals surface area contributed by atoms with Crippen molar-refractivity contribution < 1.29 is 18.7 Å². The normalized spacial score (nSPS) is 12.9. The number of carbonyl (C=O) groups is 1. The lowest BCUT2D eigenvalue weighted by Gasteiger charge is -2.20. The SMILES string of the molecule is O=C(Nc1cc2c(cc1Br)OCCO2)c1cc(F)cc(Br)c1. The topological polar surface area (TPSA) is 47.6 Å². The Hall–Kier alpha value is -1.60. The van der Waals surface area contributed by atoms with Crippen molar-refractivity contribution in [2.75, 3.05) is 18.5 Å². The molecule has 0 bridgehead atoms. The molecular formula is C15H10Br2FNO3. The van der Waals surface area contributed by atoms with Crippen LogP contribution in [-0.4, -0.2) is 19.1 Å². The van der Waals surface area contributed by atoms with Crippen LogP contribution >= 0.6 is 31.9 Å². The summed E-state index contributed by atoms with van der Waals surface area (Å²) in [4.78, 5) is 12.2. The van der Waals surface area contributed by atoms with Crippen LogP contribution in [0.15, 0.2) is 39.3 Å². The molecule has 0 radical (unpaired) electrons. The molecule has 1 heterocycles. The summed E-state index contributed by atoms with van der Waals surface area (Å²) in [6.07, 6.45) is 0. The second-order valence-electron chi connectivity index (χ2n) is 4.59. The van der Waals surface area contributed by atoms with E-state index in [1.165, 1.54) is 12.1 Å². The van der Waals surface area contributed by atoms with Gasteiger partial charge in [0.2, 0.25) is 0 Å². The van der Waals surface area contributed by atoms with Crippen molar-refractivity contribution in [1.82, 2.24) is 0 Å². The molecule has 0 unspecified atom stereocenters.